The fourth-order valence-electron chi connectivity index (χ4n) is 2.10. The molecule has 98 valence electrons. The molecule has 5 heteroatoms. The van der Waals surface area contributed by atoms with Crippen molar-refractivity contribution in [1.29, 1.82) is 0 Å². The average molecular weight is 283 g/mol. The van der Waals surface area contributed by atoms with Crippen molar-refractivity contribution in [2.24, 2.45) is 0 Å². The van der Waals surface area contributed by atoms with Crippen LogP contribution in [0, 0.1) is 0 Å². The van der Waals surface area contributed by atoms with Crippen LogP contribution < -0.4 is 5.32 Å². The van der Waals surface area contributed by atoms with Gasteiger partial charge in [-0.15, -0.1) is 11.8 Å². The van der Waals surface area contributed by atoms with Gasteiger partial charge in [-0.2, -0.15) is 11.8 Å². The van der Waals surface area contributed by atoms with Crippen LogP contribution in [0.4, 0.5) is 5.69 Å². The number of aromatic carboxylic acids is 1. The zero-order valence-corrected chi connectivity index (χ0v) is 11.9. The highest BCUT2D eigenvalue weighted by atomic mass is 32.2. The summed E-state index contributed by atoms with van der Waals surface area (Å²) in [5, 5.41) is 12.7. The number of hydrogen-bond acceptors (Lipinski definition) is 4. The molecule has 1 aliphatic heterocycles. The molecule has 0 atom stereocenters. The molecule has 1 aliphatic rings. The lowest BCUT2D eigenvalue weighted by Crippen LogP contribution is -2.25. The first-order valence-corrected chi connectivity index (χ1v) is 8.35. The molecular formula is C13H17NO2S2. The molecule has 2 N–H and O–H groups in total. The highest BCUT2D eigenvalue weighted by Crippen LogP contribution is 2.29. The maximum atomic E-state index is 11.4. The van der Waals surface area contributed by atoms with Gasteiger partial charge in [-0.1, -0.05) is 6.07 Å². The standard InChI is InChI=1S/C13H17NO2S2/c1-17-11-4-2-3-10(12(11)13(15)16)14-9-5-7-18-8-6-9/h2-4,9,14H,5-8H2,1H3,(H,15,16). The van der Waals surface area contributed by atoms with Gasteiger partial charge in [0, 0.05) is 10.9 Å². The van der Waals surface area contributed by atoms with Gasteiger partial charge in [0.2, 0.25) is 0 Å². The Balaban J connectivity index is 2.23. The van der Waals surface area contributed by atoms with Crippen LogP contribution in [-0.2, 0) is 0 Å². The van der Waals surface area contributed by atoms with E-state index in [4.69, 9.17) is 0 Å². The van der Waals surface area contributed by atoms with Crippen LogP contribution in [0.15, 0.2) is 23.1 Å². The topological polar surface area (TPSA) is 49.3 Å². The molecule has 0 aromatic heterocycles. The van der Waals surface area contributed by atoms with Gasteiger partial charge in [0.1, 0.15) is 0 Å². The Hall–Kier alpha value is -0.810. The first kappa shape index (κ1) is 13.6. The van der Waals surface area contributed by atoms with Gasteiger partial charge in [0.25, 0.3) is 0 Å². The maximum absolute atomic E-state index is 11.4. The maximum Gasteiger partial charge on any atom is 0.338 e. The van der Waals surface area contributed by atoms with Gasteiger partial charge in [-0.05, 0) is 42.7 Å². The van der Waals surface area contributed by atoms with Crippen molar-refractivity contribution in [2.75, 3.05) is 23.1 Å². The number of hydrogen-bond donors (Lipinski definition) is 2. The van der Waals surface area contributed by atoms with E-state index in [9.17, 15) is 9.90 Å². The Morgan fingerprint density at radius 3 is 2.78 bits per heavy atom. The van der Waals surface area contributed by atoms with Crippen molar-refractivity contribution in [2.45, 2.75) is 23.8 Å². The number of benzene rings is 1. The van der Waals surface area contributed by atoms with Crippen LogP contribution in [-0.4, -0.2) is 34.9 Å². The molecular weight excluding hydrogens is 266 g/mol. The molecule has 1 fully saturated rings. The quantitative estimate of drug-likeness (QED) is 0.829. The second kappa shape index (κ2) is 6.38. The molecule has 1 aromatic rings. The Labute approximate surface area is 116 Å². The van der Waals surface area contributed by atoms with E-state index in [1.807, 2.05) is 36.2 Å². The lowest BCUT2D eigenvalue weighted by molar-refractivity contribution is 0.0694. The fourth-order valence-corrected chi connectivity index (χ4v) is 3.83. The summed E-state index contributed by atoms with van der Waals surface area (Å²) < 4.78 is 0. The molecule has 18 heavy (non-hydrogen) atoms. The third-order valence-electron chi connectivity index (χ3n) is 3.04. The van der Waals surface area contributed by atoms with E-state index in [1.165, 1.54) is 11.8 Å². The number of carboxylic acids is 1. The monoisotopic (exact) mass is 283 g/mol. The first-order chi connectivity index (χ1) is 8.72. The third kappa shape index (κ3) is 3.14. The second-order valence-electron chi connectivity index (χ2n) is 4.22. The molecule has 1 heterocycles. The molecule has 1 saturated heterocycles. The molecule has 0 aliphatic carbocycles. The lowest BCUT2D eigenvalue weighted by Gasteiger charge is -2.24. The molecule has 0 saturated carbocycles. The zero-order chi connectivity index (χ0) is 13.0. The number of rotatable bonds is 4. The highest BCUT2D eigenvalue weighted by molar-refractivity contribution is 7.99. The largest absolute Gasteiger partial charge is 0.478 e. The third-order valence-corrected chi connectivity index (χ3v) is 4.87. The van der Waals surface area contributed by atoms with Gasteiger partial charge in [-0.3, -0.25) is 0 Å². The first-order valence-electron chi connectivity index (χ1n) is 5.97. The van der Waals surface area contributed by atoms with Gasteiger partial charge >= 0.3 is 5.97 Å². The molecule has 3 nitrogen and oxygen atoms in total. The summed E-state index contributed by atoms with van der Waals surface area (Å²) >= 11 is 3.44. The van der Waals surface area contributed by atoms with E-state index in [-0.39, 0.29) is 0 Å². The number of carboxylic acid groups (broad SMARTS) is 1. The van der Waals surface area contributed by atoms with E-state index in [0.29, 0.717) is 11.6 Å². The second-order valence-corrected chi connectivity index (χ2v) is 6.29. The number of nitrogens with one attached hydrogen (secondary N) is 1. The summed E-state index contributed by atoms with van der Waals surface area (Å²) in [7, 11) is 0. The molecule has 1 aromatic carbocycles. The minimum Gasteiger partial charge on any atom is -0.478 e. The molecule has 0 bridgehead atoms. The van der Waals surface area contributed by atoms with Crippen molar-refractivity contribution < 1.29 is 9.90 Å². The van der Waals surface area contributed by atoms with E-state index in [2.05, 4.69) is 5.32 Å². The zero-order valence-electron chi connectivity index (χ0n) is 10.3. The molecule has 0 amide bonds. The average Bonchev–Trinajstić information content (AvgIpc) is 2.39. The highest BCUT2D eigenvalue weighted by Gasteiger charge is 2.19. The summed E-state index contributed by atoms with van der Waals surface area (Å²) in [6, 6.07) is 6.04. The van der Waals surface area contributed by atoms with Crippen molar-refractivity contribution in [3.8, 4) is 0 Å². The minimum absolute atomic E-state index is 0.404. The van der Waals surface area contributed by atoms with E-state index >= 15 is 0 Å². The van der Waals surface area contributed by atoms with Crippen molar-refractivity contribution in [3.63, 3.8) is 0 Å². The minimum atomic E-state index is -0.854. The predicted octanol–water partition coefficient (Wildman–Crippen LogP) is 3.41. The molecule has 0 unspecified atom stereocenters. The number of carbonyl (C=O) groups is 1. The van der Waals surface area contributed by atoms with Gasteiger partial charge in [-0.25, -0.2) is 4.79 Å². The van der Waals surface area contributed by atoms with Gasteiger partial charge < -0.3 is 10.4 Å². The van der Waals surface area contributed by atoms with Gasteiger partial charge in [0.15, 0.2) is 0 Å². The summed E-state index contributed by atoms with van der Waals surface area (Å²) in [5.41, 5.74) is 1.16. The van der Waals surface area contributed by atoms with Crippen LogP contribution in [0.2, 0.25) is 0 Å². The van der Waals surface area contributed by atoms with Gasteiger partial charge in [0.05, 0.1) is 11.3 Å². The summed E-state index contributed by atoms with van der Waals surface area (Å²) in [4.78, 5) is 12.2. The molecule has 0 radical (unpaired) electrons. The Kier molecular flexibility index (Phi) is 4.83. The smallest absolute Gasteiger partial charge is 0.338 e. The van der Waals surface area contributed by atoms with Crippen molar-refractivity contribution in [1.82, 2.24) is 0 Å². The number of thioether (sulfide) groups is 2. The van der Waals surface area contributed by atoms with E-state index in [0.717, 1.165) is 34.9 Å². The predicted molar refractivity (Wildman–Crippen MR) is 79.2 cm³/mol. The SMILES string of the molecule is CSc1cccc(NC2CCSCC2)c1C(=O)O. The Morgan fingerprint density at radius 1 is 1.44 bits per heavy atom. The van der Waals surface area contributed by atoms with Crippen LogP contribution in [0.3, 0.4) is 0 Å². The number of anilines is 1. The van der Waals surface area contributed by atoms with Crippen molar-refractivity contribution in [3.05, 3.63) is 23.8 Å². The Bertz CT molecular complexity index is 431. The molecule has 0 spiro atoms. The summed E-state index contributed by atoms with van der Waals surface area (Å²) in [6.07, 6.45) is 4.11. The fraction of sp³-hybridized carbons (Fsp3) is 0.462. The van der Waals surface area contributed by atoms with Crippen molar-refractivity contribution >= 4 is 35.2 Å². The lowest BCUT2D eigenvalue weighted by atomic mass is 10.1. The Morgan fingerprint density at radius 2 is 2.17 bits per heavy atom. The summed E-state index contributed by atoms with van der Waals surface area (Å²) in [6.45, 7) is 0. The van der Waals surface area contributed by atoms with Crippen LogP contribution in [0.25, 0.3) is 0 Å². The summed E-state index contributed by atoms with van der Waals surface area (Å²) in [5.74, 6) is 1.46. The van der Waals surface area contributed by atoms with Crippen LogP contribution in [0.1, 0.15) is 23.2 Å². The van der Waals surface area contributed by atoms with E-state index < -0.39 is 5.97 Å². The van der Waals surface area contributed by atoms with Crippen LogP contribution in [0.5, 0.6) is 0 Å². The van der Waals surface area contributed by atoms with Crippen LogP contribution >= 0.6 is 23.5 Å². The van der Waals surface area contributed by atoms with E-state index in [1.54, 1.807) is 0 Å². The molecule has 2 rings (SSSR count). The normalized spacial score (nSPS) is 16.5.